The third-order valence-corrected chi connectivity index (χ3v) is 4.33. The van der Waals surface area contributed by atoms with Crippen molar-refractivity contribution in [2.45, 2.75) is 31.9 Å². The summed E-state index contributed by atoms with van der Waals surface area (Å²) < 4.78 is 9.89. The van der Waals surface area contributed by atoms with Crippen LogP contribution in [0.2, 0.25) is 0 Å². The first-order valence-electron chi connectivity index (χ1n) is 8.08. The van der Waals surface area contributed by atoms with Crippen LogP contribution in [-0.2, 0) is 18.3 Å². The second-order valence-electron chi connectivity index (χ2n) is 6.21. The van der Waals surface area contributed by atoms with Gasteiger partial charge in [0.2, 0.25) is 6.33 Å². The number of rotatable bonds is 6. The summed E-state index contributed by atoms with van der Waals surface area (Å²) in [6, 6.07) is 8.23. The molecule has 0 fully saturated rings. The lowest BCUT2D eigenvalue weighted by molar-refractivity contribution is -0.645. The van der Waals surface area contributed by atoms with Gasteiger partial charge in [-0.3, -0.25) is 0 Å². The number of aromatic nitrogens is 2. The Bertz CT molecular complexity index is 654. The maximum Gasteiger partial charge on any atom is 0.244 e. The lowest BCUT2D eigenvalue weighted by Crippen LogP contribution is -3.00. The predicted molar refractivity (Wildman–Crippen MR) is 86.4 cm³/mol. The SMILES string of the molecule is C[n+]1cn(CC(O)COCC2CC=CCC2)c2ccccc21.[I-]. The molecule has 0 bridgehead atoms. The molecule has 1 N–H and O–H groups in total. The number of fused-ring (bicyclic) bond motifs is 1. The summed E-state index contributed by atoms with van der Waals surface area (Å²) in [5.41, 5.74) is 2.31. The van der Waals surface area contributed by atoms with Gasteiger partial charge < -0.3 is 33.8 Å². The standard InChI is InChI=1S/C18H25N2O2.HI/c1-19-14-20(18-10-6-5-9-17(18)19)11-16(21)13-22-12-15-7-3-2-4-8-15;/h2-3,5-6,9-10,14-16,21H,4,7-8,11-13H2,1H3;1H/q+1;/p-1. The second-order valence-corrected chi connectivity index (χ2v) is 6.21. The lowest BCUT2D eigenvalue weighted by atomic mass is 9.95. The molecule has 2 aromatic rings. The van der Waals surface area contributed by atoms with Crippen molar-refractivity contribution in [3.63, 3.8) is 0 Å². The molecule has 0 spiro atoms. The van der Waals surface area contributed by atoms with Gasteiger partial charge in [0.15, 0.2) is 11.0 Å². The summed E-state index contributed by atoms with van der Waals surface area (Å²) in [7, 11) is 2.03. The van der Waals surface area contributed by atoms with Gasteiger partial charge in [0, 0.05) is 6.61 Å². The molecule has 0 saturated heterocycles. The zero-order valence-corrected chi connectivity index (χ0v) is 15.7. The maximum absolute atomic E-state index is 10.2. The fourth-order valence-electron chi connectivity index (χ4n) is 3.14. The highest BCUT2D eigenvalue weighted by Gasteiger charge is 2.17. The summed E-state index contributed by atoms with van der Waals surface area (Å²) in [4.78, 5) is 0. The Morgan fingerprint density at radius 1 is 1.35 bits per heavy atom. The molecule has 0 amide bonds. The van der Waals surface area contributed by atoms with Crippen molar-refractivity contribution in [1.82, 2.24) is 4.57 Å². The third kappa shape index (κ3) is 4.78. The van der Waals surface area contributed by atoms with Crippen LogP contribution in [0, 0.1) is 5.92 Å². The van der Waals surface area contributed by atoms with E-state index in [0.29, 0.717) is 19.1 Å². The molecule has 1 aromatic carbocycles. The van der Waals surface area contributed by atoms with Crippen molar-refractivity contribution < 1.29 is 38.4 Å². The van der Waals surface area contributed by atoms with Crippen molar-refractivity contribution in [2.24, 2.45) is 13.0 Å². The smallest absolute Gasteiger partial charge is 0.244 e. The predicted octanol–water partition coefficient (Wildman–Crippen LogP) is -0.796. The van der Waals surface area contributed by atoms with Crippen LogP contribution in [0.15, 0.2) is 42.7 Å². The van der Waals surface area contributed by atoms with E-state index in [1.807, 2.05) is 25.5 Å². The number of aliphatic hydroxyl groups is 1. The molecule has 1 heterocycles. The molecule has 0 aliphatic heterocycles. The Morgan fingerprint density at radius 2 is 2.17 bits per heavy atom. The number of aliphatic hydroxyl groups excluding tert-OH is 1. The number of para-hydroxylation sites is 2. The number of allylic oxidation sites excluding steroid dienone is 2. The minimum Gasteiger partial charge on any atom is -1.00 e. The second kappa shape index (κ2) is 8.80. The van der Waals surface area contributed by atoms with Gasteiger partial charge >= 0.3 is 0 Å². The topological polar surface area (TPSA) is 38.3 Å². The molecule has 3 rings (SSSR count). The third-order valence-electron chi connectivity index (χ3n) is 4.33. The molecular formula is C18H25IN2O2. The number of imidazole rings is 1. The van der Waals surface area contributed by atoms with Gasteiger partial charge in [-0.15, -0.1) is 0 Å². The van der Waals surface area contributed by atoms with Gasteiger partial charge in [-0.1, -0.05) is 24.3 Å². The number of hydrogen-bond donors (Lipinski definition) is 1. The summed E-state index contributed by atoms with van der Waals surface area (Å²) in [5.74, 6) is 0.613. The molecule has 1 aliphatic carbocycles. The van der Waals surface area contributed by atoms with Gasteiger partial charge in [-0.2, -0.15) is 0 Å². The highest BCUT2D eigenvalue weighted by molar-refractivity contribution is 5.71. The monoisotopic (exact) mass is 428 g/mol. The Balaban J connectivity index is 0.00000192. The molecule has 1 aromatic heterocycles. The van der Waals surface area contributed by atoms with Crippen LogP contribution in [0.1, 0.15) is 19.3 Å². The Labute approximate surface area is 154 Å². The average molecular weight is 428 g/mol. The average Bonchev–Trinajstić information content (AvgIpc) is 2.85. The molecule has 5 heteroatoms. The van der Waals surface area contributed by atoms with Gasteiger partial charge in [0.25, 0.3) is 0 Å². The molecule has 0 saturated carbocycles. The number of aryl methyl sites for hydroxylation is 1. The van der Waals surface area contributed by atoms with Crippen LogP contribution < -0.4 is 28.5 Å². The van der Waals surface area contributed by atoms with E-state index in [9.17, 15) is 5.11 Å². The minimum absolute atomic E-state index is 0. The van der Waals surface area contributed by atoms with E-state index in [2.05, 4.69) is 33.4 Å². The molecule has 126 valence electrons. The van der Waals surface area contributed by atoms with Gasteiger partial charge in [-0.25, -0.2) is 9.13 Å². The summed E-state index contributed by atoms with van der Waals surface area (Å²) in [6.45, 7) is 1.71. The van der Waals surface area contributed by atoms with E-state index < -0.39 is 6.10 Å². The van der Waals surface area contributed by atoms with Gasteiger partial charge in [0.05, 0.1) is 13.7 Å². The van der Waals surface area contributed by atoms with E-state index in [4.69, 9.17) is 4.74 Å². The van der Waals surface area contributed by atoms with Crippen molar-refractivity contribution >= 4 is 11.0 Å². The van der Waals surface area contributed by atoms with Crippen LogP contribution in [-0.4, -0.2) is 29.0 Å². The van der Waals surface area contributed by atoms with Crippen LogP contribution in [0.3, 0.4) is 0 Å². The Morgan fingerprint density at radius 3 is 2.96 bits per heavy atom. The Kier molecular flexibility index (Phi) is 7.05. The fourth-order valence-corrected chi connectivity index (χ4v) is 3.14. The summed E-state index contributed by atoms with van der Waals surface area (Å²) >= 11 is 0. The van der Waals surface area contributed by atoms with Crippen LogP contribution in [0.4, 0.5) is 0 Å². The van der Waals surface area contributed by atoms with Crippen LogP contribution in [0.25, 0.3) is 11.0 Å². The van der Waals surface area contributed by atoms with Crippen molar-refractivity contribution in [1.29, 1.82) is 0 Å². The normalized spacial score (nSPS) is 18.8. The zero-order chi connectivity index (χ0) is 15.4. The molecule has 4 nitrogen and oxygen atoms in total. The molecule has 23 heavy (non-hydrogen) atoms. The fraction of sp³-hybridized carbons (Fsp3) is 0.500. The van der Waals surface area contributed by atoms with E-state index >= 15 is 0 Å². The molecular weight excluding hydrogens is 403 g/mol. The van der Waals surface area contributed by atoms with Crippen molar-refractivity contribution in [3.05, 3.63) is 42.7 Å². The summed E-state index contributed by atoms with van der Waals surface area (Å²) in [6.07, 6.45) is 9.48. The van der Waals surface area contributed by atoms with Gasteiger partial charge in [0.1, 0.15) is 12.6 Å². The van der Waals surface area contributed by atoms with E-state index in [1.54, 1.807) is 0 Å². The summed E-state index contributed by atoms with van der Waals surface area (Å²) in [5, 5.41) is 10.2. The number of hydrogen-bond acceptors (Lipinski definition) is 2. The zero-order valence-electron chi connectivity index (χ0n) is 13.6. The highest BCUT2D eigenvalue weighted by Crippen LogP contribution is 2.18. The first-order chi connectivity index (χ1) is 10.7. The number of halogens is 1. The van der Waals surface area contributed by atoms with Crippen molar-refractivity contribution in [3.8, 4) is 0 Å². The maximum atomic E-state index is 10.2. The van der Waals surface area contributed by atoms with E-state index in [1.165, 1.54) is 11.9 Å². The number of benzene rings is 1. The van der Waals surface area contributed by atoms with E-state index in [-0.39, 0.29) is 24.0 Å². The first kappa shape index (κ1) is 18.4. The quantitative estimate of drug-likeness (QED) is 0.372. The largest absolute Gasteiger partial charge is 1.00 e. The lowest BCUT2D eigenvalue weighted by Gasteiger charge is -2.18. The van der Waals surface area contributed by atoms with Crippen LogP contribution >= 0.6 is 0 Å². The first-order valence-corrected chi connectivity index (χ1v) is 8.08. The molecule has 0 radical (unpaired) electrons. The van der Waals surface area contributed by atoms with Gasteiger partial charge in [-0.05, 0) is 37.3 Å². The minimum atomic E-state index is -0.477. The molecule has 2 unspecified atom stereocenters. The Hall–Kier alpha value is -0.920. The molecule has 1 aliphatic rings. The number of ether oxygens (including phenoxy) is 1. The van der Waals surface area contributed by atoms with Crippen molar-refractivity contribution in [2.75, 3.05) is 13.2 Å². The van der Waals surface area contributed by atoms with Crippen LogP contribution in [0.5, 0.6) is 0 Å². The highest BCUT2D eigenvalue weighted by atomic mass is 127. The molecule has 2 atom stereocenters. The van der Waals surface area contributed by atoms with E-state index in [0.717, 1.165) is 25.0 Å². The number of nitrogens with zero attached hydrogens (tertiary/aromatic N) is 2.